The maximum Gasteiger partial charge on any atom is 0.414 e. The highest BCUT2D eigenvalue weighted by Gasteiger charge is 2.35. The molecule has 1 aliphatic carbocycles. The van der Waals surface area contributed by atoms with Gasteiger partial charge < -0.3 is 14.5 Å². The summed E-state index contributed by atoms with van der Waals surface area (Å²) in [6.07, 6.45) is 2.52. The highest BCUT2D eigenvalue weighted by molar-refractivity contribution is 5.89. The lowest BCUT2D eigenvalue weighted by molar-refractivity contribution is -0.143. The number of aromatic amines is 1. The summed E-state index contributed by atoms with van der Waals surface area (Å²) in [5, 5.41) is 4.60. The SMILES string of the molecule is COC(=O)[C@H]1Cc2c([nH]c3ccccc23)[C@H](c2ccc(N(CC3CC3)C(=O)OC(C)(C)C)cc2)N1. The van der Waals surface area contributed by atoms with Crippen LogP contribution < -0.4 is 10.2 Å². The molecule has 184 valence electrons. The number of H-pyrrole nitrogens is 1. The minimum atomic E-state index is -0.556. The Labute approximate surface area is 205 Å². The van der Waals surface area contributed by atoms with E-state index in [0.717, 1.165) is 46.3 Å². The van der Waals surface area contributed by atoms with Crippen LogP contribution in [-0.4, -0.2) is 42.3 Å². The van der Waals surface area contributed by atoms with Gasteiger partial charge in [0.05, 0.1) is 13.2 Å². The number of anilines is 1. The van der Waals surface area contributed by atoms with E-state index in [1.165, 1.54) is 7.11 Å². The number of rotatable bonds is 5. The lowest BCUT2D eigenvalue weighted by Gasteiger charge is -2.31. The van der Waals surface area contributed by atoms with E-state index in [0.29, 0.717) is 18.9 Å². The molecule has 7 heteroatoms. The monoisotopic (exact) mass is 475 g/mol. The van der Waals surface area contributed by atoms with Crippen LogP contribution in [0.2, 0.25) is 0 Å². The fourth-order valence-corrected chi connectivity index (χ4v) is 4.80. The summed E-state index contributed by atoms with van der Waals surface area (Å²) >= 11 is 0. The molecule has 1 fully saturated rings. The topological polar surface area (TPSA) is 83.7 Å². The van der Waals surface area contributed by atoms with E-state index in [1.54, 1.807) is 4.90 Å². The molecule has 2 heterocycles. The first-order valence-electron chi connectivity index (χ1n) is 12.3. The molecule has 0 radical (unpaired) electrons. The maximum absolute atomic E-state index is 13.0. The van der Waals surface area contributed by atoms with Gasteiger partial charge in [-0.3, -0.25) is 15.0 Å². The summed E-state index contributed by atoms with van der Waals surface area (Å²) in [4.78, 5) is 30.8. The van der Waals surface area contributed by atoms with Gasteiger partial charge in [0.15, 0.2) is 0 Å². The van der Waals surface area contributed by atoms with Gasteiger partial charge in [0.1, 0.15) is 11.6 Å². The van der Waals surface area contributed by atoms with Crippen LogP contribution in [-0.2, 0) is 20.7 Å². The number of amides is 1. The van der Waals surface area contributed by atoms with Gasteiger partial charge in [0, 0.05) is 35.2 Å². The number of methoxy groups -OCH3 is 1. The number of hydrogen-bond acceptors (Lipinski definition) is 5. The molecule has 2 aliphatic rings. The van der Waals surface area contributed by atoms with Gasteiger partial charge in [0.25, 0.3) is 0 Å². The van der Waals surface area contributed by atoms with Crippen molar-refractivity contribution < 1.29 is 19.1 Å². The lowest BCUT2D eigenvalue weighted by atomic mass is 9.90. The fraction of sp³-hybridized carbons (Fsp3) is 0.429. The zero-order valence-electron chi connectivity index (χ0n) is 20.8. The molecule has 0 unspecified atom stereocenters. The number of carbonyl (C=O) groups is 2. The van der Waals surface area contributed by atoms with E-state index in [2.05, 4.69) is 22.4 Å². The Morgan fingerprint density at radius 2 is 1.77 bits per heavy atom. The molecule has 1 amide bonds. The summed E-state index contributed by atoms with van der Waals surface area (Å²) in [6, 6.07) is 15.5. The number of ether oxygens (including phenoxy) is 2. The summed E-state index contributed by atoms with van der Waals surface area (Å²) < 4.78 is 10.7. The Hall–Kier alpha value is -3.32. The second-order valence-corrected chi connectivity index (χ2v) is 10.6. The number of fused-ring (bicyclic) bond motifs is 3. The van der Waals surface area contributed by atoms with Crippen LogP contribution in [0.15, 0.2) is 48.5 Å². The maximum atomic E-state index is 13.0. The predicted molar refractivity (Wildman–Crippen MR) is 136 cm³/mol. The molecule has 1 saturated carbocycles. The molecule has 0 saturated heterocycles. The van der Waals surface area contributed by atoms with Crippen molar-refractivity contribution >= 4 is 28.7 Å². The van der Waals surface area contributed by atoms with E-state index in [-0.39, 0.29) is 18.1 Å². The Bertz CT molecular complexity index is 1240. The zero-order chi connectivity index (χ0) is 24.7. The minimum Gasteiger partial charge on any atom is -0.468 e. The van der Waals surface area contributed by atoms with E-state index in [1.807, 2.05) is 57.2 Å². The third kappa shape index (κ3) is 4.91. The molecule has 3 aromatic rings. The van der Waals surface area contributed by atoms with Crippen molar-refractivity contribution in [3.8, 4) is 0 Å². The molecule has 5 rings (SSSR count). The molecule has 0 bridgehead atoms. The molecule has 2 atom stereocenters. The van der Waals surface area contributed by atoms with Gasteiger partial charge in [-0.15, -0.1) is 0 Å². The van der Waals surface area contributed by atoms with Crippen molar-refractivity contribution in [2.45, 2.75) is 57.7 Å². The molecule has 1 aromatic heterocycles. The number of hydrogen-bond donors (Lipinski definition) is 2. The van der Waals surface area contributed by atoms with Crippen molar-refractivity contribution in [3.05, 3.63) is 65.4 Å². The number of esters is 1. The first kappa shape index (κ1) is 23.4. The van der Waals surface area contributed by atoms with Crippen molar-refractivity contribution in [2.75, 3.05) is 18.6 Å². The van der Waals surface area contributed by atoms with Crippen LogP contribution in [0.25, 0.3) is 10.9 Å². The molecule has 2 aromatic carbocycles. The molecule has 0 spiro atoms. The van der Waals surface area contributed by atoms with Crippen molar-refractivity contribution in [1.29, 1.82) is 0 Å². The highest BCUT2D eigenvalue weighted by atomic mass is 16.6. The predicted octanol–water partition coefficient (Wildman–Crippen LogP) is 5.10. The summed E-state index contributed by atoms with van der Waals surface area (Å²) in [7, 11) is 1.42. The van der Waals surface area contributed by atoms with Gasteiger partial charge in [-0.05, 0) is 68.9 Å². The lowest BCUT2D eigenvalue weighted by Crippen LogP contribution is -2.45. The van der Waals surface area contributed by atoms with Gasteiger partial charge in [-0.2, -0.15) is 0 Å². The summed E-state index contributed by atoms with van der Waals surface area (Å²) in [6.45, 7) is 6.31. The number of benzene rings is 2. The Balaban J connectivity index is 1.47. The van der Waals surface area contributed by atoms with Crippen LogP contribution in [0.1, 0.15) is 56.5 Å². The van der Waals surface area contributed by atoms with Crippen molar-refractivity contribution in [1.82, 2.24) is 10.3 Å². The van der Waals surface area contributed by atoms with Crippen LogP contribution in [0.3, 0.4) is 0 Å². The third-order valence-electron chi connectivity index (χ3n) is 6.69. The number of aromatic nitrogens is 1. The quantitative estimate of drug-likeness (QED) is 0.502. The summed E-state index contributed by atoms with van der Waals surface area (Å²) in [5.41, 5.74) is 4.50. The van der Waals surface area contributed by atoms with E-state index in [4.69, 9.17) is 9.47 Å². The molecule has 2 N–H and O–H groups in total. The van der Waals surface area contributed by atoms with Crippen LogP contribution in [0.4, 0.5) is 10.5 Å². The first-order chi connectivity index (χ1) is 16.7. The smallest absolute Gasteiger partial charge is 0.414 e. The average Bonchev–Trinajstić information content (AvgIpc) is 3.58. The van der Waals surface area contributed by atoms with Gasteiger partial charge in [-0.1, -0.05) is 30.3 Å². The normalized spacial score (nSPS) is 19.8. The molecule has 7 nitrogen and oxygen atoms in total. The Morgan fingerprint density at radius 3 is 2.43 bits per heavy atom. The van der Waals surface area contributed by atoms with Gasteiger partial charge in [-0.25, -0.2) is 4.79 Å². The second kappa shape index (κ2) is 9.04. The van der Waals surface area contributed by atoms with E-state index in [9.17, 15) is 9.59 Å². The number of carbonyl (C=O) groups excluding carboxylic acids is 2. The zero-order valence-corrected chi connectivity index (χ0v) is 20.8. The average molecular weight is 476 g/mol. The highest BCUT2D eigenvalue weighted by Crippen LogP contribution is 2.37. The number of para-hydroxylation sites is 1. The Kier molecular flexibility index (Phi) is 6.05. The number of nitrogens with zero attached hydrogens (tertiary/aromatic N) is 1. The van der Waals surface area contributed by atoms with Crippen LogP contribution in [0, 0.1) is 5.92 Å². The third-order valence-corrected chi connectivity index (χ3v) is 6.69. The van der Waals surface area contributed by atoms with Crippen molar-refractivity contribution in [2.24, 2.45) is 5.92 Å². The van der Waals surface area contributed by atoms with Gasteiger partial charge >= 0.3 is 12.1 Å². The standard InChI is InChI=1S/C28H33N3O4/c1-28(2,3)35-27(33)31(16-17-9-10-17)19-13-11-18(12-14-19)24-25-21(15-23(30-24)26(32)34-4)20-7-5-6-8-22(20)29-25/h5-8,11-14,17,23-24,29-30H,9-10,15-16H2,1-4H3/t23-,24+/m1/s1. The van der Waals surface area contributed by atoms with Crippen LogP contribution >= 0.6 is 0 Å². The van der Waals surface area contributed by atoms with Crippen LogP contribution in [0.5, 0.6) is 0 Å². The fourth-order valence-electron chi connectivity index (χ4n) is 4.80. The molecular formula is C28H33N3O4. The number of nitrogens with one attached hydrogen (secondary N) is 2. The van der Waals surface area contributed by atoms with E-state index >= 15 is 0 Å². The van der Waals surface area contributed by atoms with Gasteiger partial charge in [0.2, 0.25) is 0 Å². The largest absolute Gasteiger partial charge is 0.468 e. The summed E-state index contributed by atoms with van der Waals surface area (Å²) in [5.74, 6) is 0.250. The minimum absolute atomic E-state index is 0.206. The molecule has 35 heavy (non-hydrogen) atoms. The first-order valence-corrected chi connectivity index (χ1v) is 12.3. The molecule has 1 aliphatic heterocycles. The second-order valence-electron chi connectivity index (χ2n) is 10.6. The molecular weight excluding hydrogens is 442 g/mol. The van der Waals surface area contributed by atoms with Crippen molar-refractivity contribution in [3.63, 3.8) is 0 Å². The Morgan fingerprint density at radius 1 is 1.06 bits per heavy atom. The van der Waals surface area contributed by atoms with E-state index < -0.39 is 11.6 Å².